The highest BCUT2D eigenvalue weighted by molar-refractivity contribution is 14.0. The molecule has 0 bridgehead atoms. The smallest absolute Gasteiger partial charge is 0.240 e. The lowest BCUT2D eigenvalue weighted by molar-refractivity contribution is 0.282. The van der Waals surface area contributed by atoms with E-state index in [0.29, 0.717) is 6.54 Å². The molecular formula is C19H34IN5O2S. The number of nitrogens with zero attached hydrogens (tertiary/aromatic N) is 2. The Kier molecular flexibility index (Phi) is 12.0. The van der Waals surface area contributed by atoms with Crippen LogP contribution in [0.2, 0.25) is 0 Å². The van der Waals surface area contributed by atoms with E-state index >= 15 is 0 Å². The van der Waals surface area contributed by atoms with E-state index in [1.165, 1.54) is 45.8 Å². The number of aliphatic imine (C=N–C) groups is 1. The number of benzene rings is 1. The van der Waals surface area contributed by atoms with Crippen LogP contribution in [-0.4, -0.2) is 59.6 Å². The number of likely N-dealkylation sites (tertiary alicyclic amines) is 1. The van der Waals surface area contributed by atoms with Crippen LogP contribution in [0, 0.1) is 0 Å². The molecule has 0 radical (unpaired) electrons. The Morgan fingerprint density at radius 1 is 1.14 bits per heavy atom. The van der Waals surface area contributed by atoms with Gasteiger partial charge in [-0.25, -0.2) is 13.1 Å². The molecule has 2 rings (SSSR count). The van der Waals surface area contributed by atoms with Gasteiger partial charge in [0.2, 0.25) is 10.0 Å². The maximum absolute atomic E-state index is 11.9. The van der Waals surface area contributed by atoms with Crippen molar-refractivity contribution >= 4 is 40.0 Å². The Balaban J connectivity index is 0.00000392. The van der Waals surface area contributed by atoms with Crippen LogP contribution in [0.3, 0.4) is 0 Å². The lowest BCUT2D eigenvalue weighted by Crippen LogP contribution is -2.38. The monoisotopic (exact) mass is 523 g/mol. The molecule has 7 nitrogen and oxygen atoms in total. The molecule has 0 atom stereocenters. The van der Waals surface area contributed by atoms with Crippen molar-refractivity contribution in [1.82, 2.24) is 20.3 Å². The van der Waals surface area contributed by atoms with Crippen LogP contribution in [0.1, 0.15) is 37.7 Å². The lowest BCUT2D eigenvalue weighted by atomic mass is 10.2. The third kappa shape index (κ3) is 8.62. The molecule has 1 saturated heterocycles. The zero-order chi connectivity index (χ0) is 19.5. The molecule has 1 aromatic carbocycles. The first-order valence-corrected chi connectivity index (χ1v) is 11.2. The molecular weight excluding hydrogens is 489 g/mol. The Hall–Kier alpha value is -0.910. The zero-order valence-electron chi connectivity index (χ0n) is 16.9. The number of nitrogens with one attached hydrogen (secondary N) is 3. The normalized spacial score (nSPS) is 16.1. The average molecular weight is 523 g/mol. The minimum Gasteiger partial charge on any atom is -0.356 e. The lowest BCUT2D eigenvalue weighted by Gasteiger charge is -2.20. The minimum atomic E-state index is -3.42. The number of halogens is 1. The van der Waals surface area contributed by atoms with Crippen LogP contribution in [0.15, 0.2) is 34.2 Å². The van der Waals surface area contributed by atoms with Gasteiger partial charge in [-0.15, -0.1) is 24.0 Å². The van der Waals surface area contributed by atoms with E-state index in [0.717, 1.165) is 31.0 Å². The fourth-order valence-corrected chi connectivity index (χ4v) is 4.02. The van der Waals surface area contributed by atoms with E-state index in [4.69, 9.17) is 0 Å². The van der Waals surface area contributed by atoms with Crippen LogP contribution in [0.5, 0.6) is 0 Å². The highest BCUT2D eigenvalue weighted by atomic mass is 127. The number of sulfonamides is 1. The molecule has 28 heavy (non-hydrogen) atoms. The second-order valence-corrected chi connectivity index (χ2v) is 8.70. The summed E-state index contributed by atoms with van der Waals surface area (Å²) < 4.78 is 26.1. The Bertz CT molecular complexity index is 704. The zero-order valence-corrected chi connectivity index (χ0v) is 20.1. The van der Waals surface area contributed by atoms with Crippen molar-refractivity contribution in [2.24, 2.45) is 4.99 Å². The Morgan fingerprint density at radius 3 is 2.50 bits per heavy atom. The van der Waals surface area contributed by atoms with E-state index < -0.39 is 10.0 Å². The summed E-state index contributed by atoms with van der Waals surface area (Å²) in [5, 5.41) is 6.57. The predicted molar refractivity (Wildman–Crippen MR) is 126 cm³/mol. The number of hydrogen-bond donors (Lipinski definition) is 3. The topological polar surface area (TPSA) is 85.8 Å². The molecule has 1 aliphatic rings. The van der Waals surface area contributed by atoms with Crippen LogP contribution in [-0.2, 0) is 16.6 Å². The molecule has 0 saturated carbocycles. The maximum Gasteiger partial charge on any atom is 0.240 e. The number of rotatable bonds is 8. The second kappa shape index (κ2) is 13.3. The van der Waals surface area contributed by atoms with Crippen molar-refractivity contribution in [2.75, 3.05) is 40.3 Å². The molecule has 1 aliphatic heterocycles. The Morgan fingerprint density at radius 2 is 1.86 bits per heavy atom. The van der Waals surface area contributed by atoms with Gasteiger partial charge in [-0.1, -0.05) is 25.0 Å². The highest BCUT2D eigenvalue weighted by Crippen LogP contribution is 2.11. The fourth-order valence-electron chi connectivity index (χ4n) is 3.22. The number of guanidine groups is 1. The summed E-state index contributed by atoms with van der Waals surface area (Å²) in [6, 6.07) is 6.91. The van der Waals surface area contributed by atoms with Gasteiger partial charge in [0.25, 0.3) is 0 Å². The summed E-state index contributed by atoms with van der Waals surface area (Å²) >= 11 is 0. The Labute approximate surface area is 186 Å². The van der Waals surface area contributed by atoms with E-state index in [1.807, 2.05) is 6.07 Å². The van der Waals surface area contributed by atoms with Crippen molar-refractivity contribution < 1.29 is 8.42 Å². The molecule has 0 unspecified atom stereocenters. The van der Waals surface area contributed by atoms with Gasteiger partial charge < -0.3 is 15.5 Å². The first kappa shape index (κ1) is 25.1. The van der Waals surface area contributed by atoms with Gasteiger partial charge in [-0.3, -0.25) is 4.99 Å². The van der Waals surface area contributed by atoms with Gasteiger partial charge in [0.15, 0.2) is 5.96 Å². The highest BCUT2D eigenvalue weighted by Gasteiger charge is 2.11. The second-order valence-electron chi connectivity index (χ2n) is 6.82. The van der Waals surface area contributed by atoms with Crippen molar-refractivity contribution in [3.8, 4) is 0 Å². The molecule has 0 aliphatic carbocycles. The predicted octanol–water partition coefficient (Wildman–Crippen LogP) is 2.14. The van der Waals surface area contributed by atoms with E-state index in [-0.39, 0.29) is 28.9 Å². The van der Waals surface area contributed by atoms with E-state index in [2.05, 4.69) is 25.2 Å². The third-order valence-electron chi connectivity index (χ3n) is 4.80. The summed E-state index contributed by atoms with van der Waals surface area (Å²) in [6.07, 6.45) is 6.44. The molecule has 0 spiro atoms. The van der Waals surface area contributed by atoms with Gasteiger partial charge >= 0.3 is 0 Å². The average Bonchev–Trinajstić information content (AvgIpc) is 2.96. The summed E-state index contributed by atoms with van der Waals surface area (Å²) in [4.78, 5) is 7.06. The first-order chi connectivity index (χ1) is 13.0. The van der Waals surface area contributed by atoms with Gasteiger partial charge in [0, 0.05) is 20.1 Å². The first-order valence-electron chi connectivity index (χ1n) is 9.74. The largest absolute Gasteiger partial charge is 0.356 e. The van der Waals surface area contributed by atoms with Gasteiger partial charge in [-0.2, -0.15) is 0 Å². The summed E-state index contributed by atoms with van der Waals surface area (Å²) in [6.45, 7) is 4.94. The fraction of sp³-hybridized carbons (Fsp3) is 0.632. The van der Waals surface area contributed by atoms with Crippen LogP contribution in [0.4, 0.5) is 0 Å². The molecule has 1 heterocycles. The number of hydrogen-bond acceptors (Lipinski definition) is 4. The summed E-state index contributed by atoms with van der Waals surface area (Å²) in [5.74, 6) is 0.729. The SMILES string of the molecule is CN=C(NCCCN1CCCCCC1)NCc1cccc(S(=O)(=O)NC)c1.I. The molecule has 9 heteroatoms. The van der Waals surface area contributed by atoms with Gasteiger partial charge in [0.05, 0.1) is 4.90 Å². The molecule has 3 N–H and O–H groups in total. The third-order valence-corrected chi connectivity index (χ3v) is 6.22. The molecule has 1 aromatic rings. The van der Waals surface area contributed by atoms with Gasteiger partial charge in [0.1, 0.15) is 0 Å². The van der Waals surface area contributed by atoms with Crippen LogP contribution < -0.4 is 15.4 Å². The van der Waals surface area contributed by atoms with Gasteiger partial charge in [-0.05, 0) is 63.6 Å². The molecule has 0 amide bonds. The molecule has 1 fully saturated rings. The van der Waals surface area contributed by atoms with Crippen molar-refractivity contribution in [3.63, 3.8) is 0 Å². The van der Waals surface area contributed by atoms with Crippen molar-refractivity contribution in [2.45, 2.75) is 43.5 Å². The summed E-state index contributed by atoms with van der Waals surface area (Å²) in [7, 11) is -0.268. The quantitative estimate of drug-likeness (QED) is 0.211. The van der Waals surface area contributed by atoms with E-state index in [9.17, 15) is 8.42 Å². The molecule has 0 aromatic heterocycles. The summed E-state index contributed by atoms with van der Waals surface area (Å²) in [5.41, 5.74) is 0.888. The molecule has 160 valence electrons. The van der Waals surface area contributed by atoms with Crippen LogP contribution in [0.25, 0.3) is 0 Å². The van der Waals surface area contributed by atoms with Crippen LogP contribution >= 0.6 is 24.0 Å². The van der Waals surface area contributed by atoms with Crippen molar-refractivity contribution in [3.05, 3.63) is 29.8 Å². The minimum absolute atomic E-state index is 0. The van der Waals surface area contributed by atoms with Crippen molar-refractivity contribution in [1.29, 1.82) is 0 Å². The maximum atomic E-state index is 11.9. The van der Waals surface area contributed by atoms with E-state index in [1.54, 1.807) is 25.2 Å². The standard InChI is InChI=1S/C19H33N5O2S.HI/c1-20-19(22-11-8-14-24-12-5-3-4-6-13-24)23-16-17-9-7-10-18(15-17)27(25,26)21-2;/h7,9-10,15,21H,3-6,8,11-14,16H2,1-2H3,(H2,20,22,23);1H.